The molecule has 0 atom stereocenters. The van der Waals surface area contributed by atoms with Crippen molar-refractivity contribution in [1.82, 2.24) is 4.90 Å². The number of carbonyl (C=O) groups excluding carboxylic acids is 1. The van der Waals surface area contributed by atoms with Crippen molar-refractivity contribution < 1.29 is 19.9 Å². The molecule has 0 aliphatic rings. The summed E-state index contributed by atoms with van der Waals surface area (Å²) in [5.74, 6) is -1.21. The minimum Gasteiger partial charge on any atom is -0.461 e. The number of nitro groups is 1. The number of ether oxygens (including phenoxy) is 1. The fourth-order valence-corrected chi connectivity index (χ4v) is 1.61. The molecule has 1 rings (SSSR count). The highest BCUT2D eigenvalue weighted by Crippen LogP contribution is 2.23. The van der Waals surface area contributed by atoms with Gasteiger partial charge in [0.15, 0.2) is 0 Å². The van der Waals surface area contributed by atoms with Crippen LogP contribution in [0.1, 0.15) is 29.7 Å². The van der Waals surface area contributed by atoms with E-state index < -0.39 is 23.9 Å². The number of nitrogens with zero attached hydrogens (tertiary/aromatic N) is 2. The number of rotatable bonds is 7. The third kappa shape index (κ3) is 4.47. The van der Waals surface area contributed by atoms with E-state index >= 15 is 0 Å². The minimum absolute atomic E-state index is 0.207. The van der Waals surface area contributed by atoms with Gasteiger partial charge in [-0.05, 0) is 19.2 Å². The number of halogens is 1. The van der Waals surface area contributed by atoms with Crippen LogP contribution in [0.3, 0.4) is 0 Å². The van der Waals surface area contributed by atoms with Gasteiger partial charge in [0.25, 0.3) is 5.69 Å². The molecule has 0 heterocycles. The lowest BCUT2D eigenvalue weighted by Crippen LogP contribution is -2.27. The van der Waals surface area contributed by atoms with Crippen molar-refractivity contribution >= 4 is 23.3 Å². The van der Waals surface area contributed by atoms with Crippen molar-refractivity contribution in [1.29, 1.82) is 0 Å². The predicted molar refractivity (Wildman–Crippen MR) is 76.2 cm³/mol. The molecule has 0 N–H and O–H groups in total. The number of carbonyl (C=O) groups is 1. The SMILES string of the molecule is [2H]C([2H])(OC(=O)c1ccc([N+](=O)[O-])cc1Cl)C([2H])([2H])N(CC)CC. The van der Waals surface area contributed by atoms with Gasteiger partial charge in [0.05, 0.1) is 18.3 Å². The molecule has 0 radical (unpaired) electrons. The second-order valence-corrected chi connectivity index (χ2v) is 4.10. The fraction of sp³-hybridized carbons (Fsp3) is 0.462. The number of esters is 1. The van der Waals surface area contributed by atoms with Gasteiger partial charge in [-0.15, -0.1) is 0 Å². The lowest BCUT2D eigenvalue weighted by molar-refractivity contribution is -0.384. The molecule has 1 aromatic carbocycles. The third-order valence-electron chi connectivity index (χ3n) is 2.49. The second-order valence-electron chi connectivity index (χ2n) is 3.70. The van der Waals surface area contributed by atoms with E-state index in [4.69, 9.17) is 17.1 Å². The number of non-ortho nitro benzene ring substituents is 1. The van der Waals surface area contributed by atoms with Crippen LogP contribution in [0.25, 0.3) is 0 Å². The summed E-state index contributed by atoms with van der Waals surface area (Å²) >= 11 is 5.80. The average molecular weight is 305 g/mol. The Morgan fingerprint density at radius 1 is 1.50 bits per heavy atom. The molecule has 0 amide bonds. The zero-order valence-corrected chi connectivity index (χ0v) is 11.8. The van der Waals surface area contributed by atoms with Crippen molar-refractivity contribution in [2.24, 2.45) is 0 Å². The molecule has 20 heavy (non-hydrogen) atoms. The van der Waals surface area contributed by atoms with Crippen LogP contribution in [0.15, 0.2) is 18.2 Å². The first-order valence-corrected chi connectivity index (χ1v) is 6.28. The summed E-state index contributed by atoms with van der Waals surface area (Å²) < 4.78 is 36.1. The van der Waals surface area contributed by atoms with Gasteiger partial charge in [0.1, 0.15) is 6.56 Å². The van der Waals surface area contributed by atoms with Crippen LogP contribution in [0, 0.1) is 10.1 Å². The Morgan fingerprint density at radius 2 is 2.15 bits per heavy atom. The normalized spacial score (nSPS) is 15.0. The topological polar surface area (TPSA) is 72.7 Å². The lowest BCUT2D eigenvalue weighted by atomic mass is 10.2. The van der Waals surface area contributed by atoms with Crippen LogP contribution < -0.4 is 0 Å². The van der Waals surface area contributed by atoms with Crippen LogP contribution in [0.5, 0.6) is 0 Å². The summed E-state index contributed by atoms with van der Waals surface area (Å²) in [7, 11) is 0. The zero-order valence-electron chi connectivity index (χ0n) is 15.1. The molecular formula is C13H17ClN2O4. The van der Waals surface area contributed by atoms with Crippen molar-refractivity contribution in [3.05, 3.63) is 38.9 Å². The fourth-order valence-electron chi connectivity index (χ4n) is 1.35. The van der Waals surface area contributed by atoms with Gasteiger partial charge in [0, 0.05) is 21.4 Å². The maximum Gasteiger partial charge on any atom is 0.339 e. The molecule has 0 saturated carbocycles. The maximum absolute atomic E-state index is 12.1. The molecule has 0 unspecified atom stereocenters. The van der Waals surface area contributed by atoms with Crippen LogP contribution in [-0.2, 0) is 4.74 Å². The van der Waals surface area contributed by atoms with Crippen LogP contribution >= 0.6 is 11.6 Å². The Morgan fingerprint density at radius 3 is 2.65 bits per heavy atom. The molecule has 110 valence electrons. The molecule has 1 aromatic rings. The predicted octanol–water partition coefficient (Wildman–Crippen LogP) is 2.75. The van der Waals surface area contributed by atoms with Crippen molar-refractivity contribution in [2.75, 3.05) is 26.1 Å². The Labute approximate surface area is 128 Å². The first-order chi connectivity index (χ1) is 11.0. The number of hydrogen-bond acceptors (Lipinski definition) is 5. The van der Waals surface area contributed by atoms with E-state index in [2.05, 4.69) is 4.74 Å². The van der Waals surface area contributed by atoms with Gasteiger partial charge in [-0.1, -0.05) is 25.4 Å². The summed E-state index contributed by atoms with van der Waals surface area (Å²) in [4.78, 5) is 23.2. The average Bonchev–Trinajstić information content (AvgIpc) is 2.47. The third-order valence-corrected chi connectivity index (χ3v) is 2.81. The highest BCUT2D eigenvalue weighted by Gasteiger charge is 2.16. The van der Waals surface area contributed by atoms with E-state index in [1.807, 2.05) is 0 Å². The molecule has 0 aromatic heterocycles. The van der Waals surface area contributed by atoms with Gasteiger partial charge >= 0.3 is 5.97 Å². The molecular weight excluding hydrogens is 284 g/mol. The molecule has 0 aliphatic carbocycles. The quantitative estimate of drug-likeness (QED) is 0.440. The van der Waals surface area contributed by atoms with E-state index in [0.717, 1.165) is 23.1 Å². The zero-order chi connectivity index (χ0) is 18.7. The van der Waals surface area contributed by atoms with Gasteiger partial charge < -0.3 is 9.64 Å². The summed E-state index contributed by atoms with van der Waals surface area (Å²) in [5.41, 5.74) is -0.625. The highest BCUT2D eigenvalue weighted by atomic mass is 35.5. The molecule has 0 bridgehead atoms. The minimum atomic E-state index is -2.96. The van der Waals surface area contributed by atoms with E-state index in [9.17, 15) is 14.9 Å². The van der Waals surface area contributed by atoms with Crippen LogP contribution in [0.2, 0.25) is 5.02 Å². The standard InChI is InChI=1S/C13H17ClN2O4/c1-3-15(4-2)7-8-20-13(17)11-6-5-10(16(18)19)9-12(11)14/h5-6,9H,3-4,7-8H2,1-2H3/i7D2,8D2. The molecule has 0 fully saturated rings. The number of nitro benzene ring substituents is 1. The summed E-state index contributed by atoms with van der Waals surface area (Å²) in [6.45, 7) is -1.82. The summed E-state index contributed by atoms with van der Waals surface area (Å²) in [5, 5.41) is 10.4. The van der Waals surface area contributed by atoms with E-state index in [1.165, 1.54) is 0 Å². The Balaban J connectivity index is 3.07. The first-order valence-electron chi connectivity index (χ1n) is 7.90. The summed E-state index contributed by atoms with van der Waals surface area (Å²) in [6.07, 6.45) is 0. The molecule has 0 saturated heterocycles. The lowest BCUT2D eigenvalue weighted by Gasteiger charge is -2.17. The van der Waals surface area contributed by atoms with Crippen molar-refractivity contribution in [3.63, 3.8) is 0 Å². The van der Waals surface area contributed by atoms with Gasteiger partial charge in [-0.2, -0.15) is 0 Å². The van der Waals surface area contributed by atoms with E-state index in [-0.39, 0.29) is 29.4 Å². The van der Waals surface area contributed by atoms with E-state index in [1.54, 1.807) is 13.8 Å². The Kier molecular flexibility index (Phi) is 4.32. The maximum atomic E-state index is 12.1. The summed E-state index contributed by atoms with van der Waals surface area (Å²) in [6, 6.07) is 3.00. The smallest absolute Gasteiger partial charge is 0.339 e. The van der Waals surface area contributed by atoms with E-state index in [0.29, 0.717) is 0 Å². The number of likely N-dealkylation sites (N-methyl/N-ethyl adjacent to an activating group) is 1. The largest absolute Gasteiger partial charge is 0.461 e. The molecule has 7 heteroatoms. The monoisotopic (exact) mass is 304 g/mol. The number of benzene rings is 1. The molecule has 0 aliphatic heterocycles. The van der Waals surface area contributed by atoms with Gasteiger partial charge in [-0.3, -0.25) is 10.1 Å². The second kappa shape index (κ2) is 7.81. The van der Waals surface area contributed by atoms with Gasteiger partial charge in [0.2, 0.25) is 0 Å². The van der Waals surface area contributed by atoms with Crippen LogP contribution in [0.4, 0.5) is 5.69 Å². The van der Waals surface area contributed by atoms with Crippen molar-refractivity contribution in [3.8, 4) is 0 Å². The Bertz CT molecular complexity index is 638. The highest BCUT2D eigenvalue weighted by molar-refractivity contribution is 6.33. The first kappa shape index (κ1) is 11.0. The van der Waals surface area contributed by atoms with Crippen molar-refractivity contribution in [2.45, 2.75) is 13.8 Å². The number of hydrogen-bond donors (Lipinski definition) is 0. The molecule has 0 spiro atoms. The van der Waals surface area contributed by atoms with Crippen LogP contribution in [-0.4, -0.2) is 41.9 Å². The Hall–Kier alpha value is -1.66. The van der Waals surface area contributed by atoms with Gasteiger partial charge in [-0.25, -0.2) is 4.79 Å². The molecule has 6 nitrogen and oxygen atoms in total.